The Kier molecular flexibility index (Phi) is 4.82. The lowest BCUT2D eigenvalue weighted by Gasteiger charge is -2.36. The standard InChI is InChI=1S/C15H24N4O/c1-4-14(18-15-5-6-16-12-17-15)10-19(7-1)9-13-3-2-8-20-11-13/h5-6,12-14H,1-4,7-11H2,(H,16,17,18). The summed E-state index contributed by atoms with van der Waals surface area (Å²) in [6.45, 7) is 5.41. The van der Waals surface area contributed by atoms with Gasteiger partial charge < -0.3 is 15.0 Å². The Morgan fingerprint density at radius 2 is 2.35 bits per heavy atom. The van der Waals surface area contributed by atoms with E-state index in [1.807, 2.05) is 6.07 Å². The van der Waals surface area contributed by atoms with Crippen LogP contribution in [-0.4, -0.2) is 53.8 Å². The Morgan fingerprint density at radius 1 is 1.35 bits per heavy atom. The van der Waals surface area contributed by atoms with Gasteiger partial charge in [-0.1, -0.05) is 0 Å². The first-order valence-corrected chi connectivity index (χ1v) is 7.73. The molecule has 110 valence electrons. The van der Waals surface area contributed by atoms with Crippen LogP contribution in [0.15, 0.2) is 18.6 Å². The minimum absolute atomic E-state index is 0.503. The van der Waals surface area contributed by atoms with Crippen molar-refractivity contribution >= 4 is 5.82 Å². The highest BCUT2D eigenvalue weighted by Crippen LogP contribution is 2.19. The maximum absolute atomic E-state index is 5.59. The summed E-state index contributed by atoms with van der Waals surface area (Å²) in [5, 5.41) is 3.52. The molecule has 20 heavy (non-hydrogen) atoms. The zero-order valence-corrected chi connectivity index (χ0v) is 12.0. The van der Waals surface area contributed by atoms with Crippen LogP contribution >= 0.6 is 0 Å². The largest absolute Gasteiger partial charge is 0.381 e. The van der Waals surface area contributed by atoms with E-state index in [1.54, 1.807) is 12.5 Å². The zero-order chi connectivity index (χ0) is 13.6. The molecule has 0 saturated carbocycles. The molecule has 0 radical (unpaired) electrons. The van der Waals surface area contributed by atoms with Crippen molar-refractivity contribution in [2.45, 2.75) is 31.7 Å². The first-order valence-electron chi connectivity index (χ1n) is 7.73. The number of nitrogens with one attached hydrogen (secondary N) is 1. The molecule has 0 amide bonds. The summed E-state index contributed by atoms with van der Waals surface area (Å²) in [5.41, 5.74) is 0. The third-order valence-corrected chi connectivity index (χ3v) is 4.21. The predicted octanol–water partition coefficient (Wildman–Crippen LogP) is 1.78. The summed E-state index contributed by atoms with van der Waals surface area (Å²) in [6.07, 6.45) is 8.41. The number of hydrogen-bond acceptors (Lipinski definition) is 5. The van der Waals surface area contributed by atoms with Gasteiger partial charge >= 0.3 is 0 Å². The number of ether oxygens (including phenoxy) is 1. The molecule has 5 heteroatoms. The van der Waals surface area contributed by atoms with Crippen molar-refractivity contribution in [1.29, 1.82) is 0 Å². The minimum atomic E-state index is 0.503. The van der Waals surface area contributed by atoms with Crippen molar-refractivity contribution < 1.29 is 4.74 Å². The van der Waals surface area contributed by atoms with Crippen molar-refractivity contribution in [2.24, 2.45) is 5.92 Å². The number of nitrogens with zero attached hydrogens (tertiary/aromatic N) is 3. The lowest BCUT2D eigenvalue weighted by atomic mass is 9.99. The van der Waals surface area contributed by atoms with Gasteiger partial charge in [-0.15, -0.1) is 0 Å². The Hall–Kier alpha value is -1.20. The van der Waals surface area contributed by atoms with Crippen LogP contribution in [0.25, 0.3) is 0 Å². The highest BCUT2D eigenvalue weighted by molar-refractivity contribution is 5.33. The molecular formula is C15H24N4O. The summed E-state index contributed by atoms with van der Waals surface area (Å²) in [7, 11) is 0. The fourth-order valence-electron chi connectivity index (χ4n) is 3.24. The molecule has 3 heterocycles. The van der Waals surface area contributed by atoms with E-state index in [4.69, 9.17) is 4.74 Å². The van der Waals surface area contributed by atoms with Crippen LogP contribution in [0.3, 0.4) is 0 Å². The van der Waals surface area contributed by atoms with E-state index in [9.17, 15) is 0 Å². The molecule has 5 nitrogen and oxygen atoms in total. The summed E-state index contributed by atoms with van der Waals surface area (Å²) in [4.78, 5) is 10.8. The molecule has 1 aromatic heterocycles. The maximum Gasteiger partial charge on any atom is 0.129 e. The van der Waals surface area contributed by atoms with E-state index in [-0.39, 0.29) is 0 Å². The number of likely N-dealkylation sites (tertiary alicyclic amines) is 1. The molecule has 2 aliphatic heterocycles. The normalized spacial score (nSPS) is 28.2. The van der Waals surface area contributed by atoms with Crippen molar-refractivity contribution in [3.05, 3.63) is 18.6 Å². The van der Waals surface area contributed by atoms with Crippen LogP contribution in [0.2, 0.25) is 0 Å². The summed E-state index contributed by atoms with van der Waals surface area (Å²) < 4.78 is 5.59. The van der Waals surface area contributed by atoms with E-state index in [1.165, 1.54) is 38.8 Å². The fraction of sp³-hybridized carbons (Fsp3) is 0.733. The van der Waals surface area contributed by atoms with Crippen molar-refractivity contribution in [1.82, 2.24) is 14.9 Å². The van der Waals surface area contributed by atoms with Crippen molar-refractivity contribution in [2.75, 3.05) is 38.2 Å². The molecule has 0 aromatic carbocycles. The van der Waals surface area contributed by atoms with Crippen LogP contribution in [0, 0.1) is 5.92 Å². The Balaban J connectivity index is 1.48. The molecule has 2 atom stereocenters. The van der Waals surface area contributed by atoms with E-state index in [2.05, 4.69) is 20.2 Å². The van der Waals surface area contributed by atoms with Gasteiger partial charge in [0.25, 0.3) is 0 Å². The molecule has 2 aliphatic rings. The van der Waals surface area contributed by atoms with Gasteiger partial charge in [0.05, 0.1) is 6.61 Å². The van der Waals surface area contributed by atoms with Crippen molar-refractivity contribution in [3.63, 3.8) is 0 Å². The third kappa shape index (κ3) is 3.90. The number of hydrogen-bond donors (Lipinski definition) is 1. The lowest BCUT2D eigenvalue weighted by molar-refractivity contribution is 0.0348. The molecule has 0 aliphatic carbocycles. The smallest absolute Gasteiger partial charge is 0.129 e. The first kappa shape index (κ1) is 13.8. The highest BCUT2D eigenvalue weighted by Gasteiger charge is 2.23. The lowest BCUT2D eigenvalue weighted by Crippen LogP contribution is -2.45. The number of aromatic nitrogens is 2. The topological polar surface area (TPSA) is 50.3 Å². The molecule has 2 saturated heterocycles. The molecule has 2 fully saturated rings. The van der Waals surface area contributed by atoms with E-state index in [0.29, 0.717) is 6.04 Å². The van der Waals surface area contributed by atoms with Gasteiger partial charge in [-0.3, -0.25) is 0 Å². The minimum Gasteiger partial charge on any atom is -0.381 e. The fourth-order valence-corrected chi connectivity index (χ4v) is 3.24. The van der Waals surface area contributed by atoms with Crippen LogP contribution < -0.4 is 5.32 Å². The van der Waals surface area contributed by atoms with Gasteiger partial charge in [0.1, 0.15) is 12.1 Å². The summed E-state index contributed by atoms with van der Waals surface area (Å²) in [5.74, 6) is 1.66. The average molecular weight is 276 g/mol. The SMILES string of the molecule is c1cc(NC2CCCN(CC3CCCOC3)C2)ncn1. The highest BCUT2D eigenvalue weighted by atomic mass is 16.5. The molecule has 0 bridgehead atoms. The number of rotatable bonds is 4. The van der Waals surface area contributed by atoms with Gasteiger partial charge in [-0.25, -0.2) is 9.97 Å². The molecular weight excluding hydrogens is 252 g/mol. The van der Waals surface area contributed by atoms with Crippen LogP contribution in [-0.2, 0) is 4.74 Å². The van der Waals surface area contributed by atoms with Crippen LogP contribution in [0.4, 0.5) is 5.82 Å². The third-order valence-electron chi connectivity index (χ3n) is 4.21. The zero-order valence-electron chi connectivity index (χ0n) is 12.0. The predicted molar refractivity (Wildman–Crippen MR) is 78.7 cm³/mol. The van der Waals surface area contributed by atoms with E-state index >= 15 is 0 Å². The number of piperidine rings is 1. The average Bonchev–Trinajstić information content (AvgIpc) is 2.50. The van der Waals surface area contributed by atoms with E-state index < -0.39 is 0 Å². The number of anilines is 1. The molecule has 3 rings (SSSR count). The van der Waals surface area contributed by atoms with Gasteiger partial charge in [0.15, 0.2) is 0 Å². The molecule has 2 unspecified atom stereocenters. The summed E-state index contributed by atoms with van der Waals surface area (Å²) >= 11 is 0. The second kappa shape index (κ2) is 6.99. The second-order valence-electron chi connectivity index (χ2n) is 5.92. The van der Waals surface area contributed by atoms with Gasteiger partial charge in [0.2, 0.25) is 0 Å². The van der Waals surface area contributed by atoms with Gasteiger partial charge in [0, 0.05) is 31.9 Å². The van der Waals surface area contributed by atoms with Gasteiger partial charge in [-0.2, -0.15) is 0 Å². The van der Waals surface area contributed by atoms with Gasteiger partial charge in [-0.05, 0) is 44.2 Å². The Labute approximate surface area is 120 Å². The molecule has 1 N–H and O–H groups in total. The van der Waals surface area contributed by atoms with Crippen LogP contribution in [0.1, 0.15) is 25.7 Å². The Bertz CT molecular complexity index is 394. The monoisotopic (exact) mass is 276 g/mol. The maximum atomic E-state index is 5.59. The van der Waals surface area contributed by atoms with Crippen molar-refractivity contribution in [3.8, 4) is 0 Å². The quantitative estimate of drug-likeness (QED) is 0.908. The Morgan fingerprint density at radius 3 is 3.15 bits per heavy atom. The second-order valence-corrected chi connectivity index (χ2v) is 5.92. The molecule has 0 spiro atoms. The van der Waals surface area contributed by atoms with E-state index in [0.717, 1.165) is 31.5 Å². The summed E-state index contributed by atoms with van der Waals surface area (Å²) in [6, 6.07) is 2.44. The van der Waals surface area contributed by atoms with Crippen LogP contribution in [0.5, 0.6) is 0 Å². The first-order chi connectivity index (χ1) is 9.90. The molecule has 1 aromatic rings.